The minimum Gasteiger partial charge on any atom is -0.344 e. The monoisotopic (exact) mass is 305 g/mol. The van der Waals surface area contributed by atoms with E-state index in [4.69, 9.17) is 0 Å². The number of likely N-dealkylation sites (N-methyl/N-ethyl adjacent to an activating group) is 2. The van der Waals surface area contributed by atoms with Crippen molar-refractivity contribution in [2.45, 2.75) is 32.6 Å². The molecule has 20 heavy (non-hydrogen) atoms. The zero-order valence-corrected chi connectivity index (χ0v) is 13.7. The molecule has 0 aliphatic carbocycles. The second-order valence-corrected chi connectivity index (χ2v) is 5.27. The van der Waals surface area contributed by atoms with Gasteiger partial charge in [-0.25, -0.2) is 0 Å². The van der Waals surface area contributed by atoms with Gasteiger partial charge in [0, 0.05) is 45.6 Å². The summed E-state index contributed by atoms with van der Waals surface area (Å²) in [6.07, 6.45) is 3.13. The van der Waals surface area contributed by atoms with Crippen LogP contribution >= 0.6 is 12.4 Å². The number of hydrogen-bond donors (Lipinski definition) is 1. The Morgan fingerprint density at radius 2 is 1.90 bits per heavy atom. The highest BCUT2D eigenvalue weighted by Gasteiger charge is 2.28. The van der Waals surface area contributed by atoms with Crippen molar-refractivity contribution in [3.05, 3.63) is 0 Å². The van der Waals surface area contributed by atoms with Gasteiger partial charge in [-0.2, -0.15) is 0 Å². The van der Waals surface area contributed by atoms with Crippen LogP contribution in [-0.4, -0.2) is 61.9 Å². The Morgan fingerprint density at radius 3 is 2.40 bits per heavy atom. The van der Waals surface area contributed by atoms with E-state index in [0.29, 0.717) is 6.42 Å². The van der Waals surface area contributed by atoms with Crippen molar-refractivity contribution in [2.75, 3.05) is 40.3 Å². The lowest BCUT2D eigenvalue weighted by molar-refractivity contribution is -0.139. The van der Waals surface area contributed by atoms with Crippen molar-refractivity contribution in [3.8, 4) is 0 Å². The number of nitrogens with zero attached hydrogens (tertiary/aromatic N) is 2. The number of hydrogen-bond acceptors (Lipinski definition) is 3. The van der Waals surface area contributed by atoms with Gasteiger partial charge in [-0.05, 0) is 26.3 Å². The first-order chi connectivity index (χ1) is 9.10. The number of rotatable bonds is 6. The molecule has 0 aromatic heterocycles. The topological polar surface area (TPSA) is 52.7 Å². The maximum atomic E-state index is 12.2. The van der Waals surface area contributed by atoms with Crippen LogP contribution in [0.5, 0.6) is 0 Å². The smallest absolute Gasteiger partial charge is 0.225 e. The summed E-state index contributed by atoms with van der Waals surface area (Å²) in [5.41, 5.74) is 0. The zero-order chi connectivity index (χ0) is 14.3. The van der Waals surface area contributed by atoms with Crippen LogP contribution in [0.3, 0.4) is 0 Å². The Morgan fingerprint density at radius 1 is 1.30 bits per heavy atom. The summed E-state index contributed by atoms with van der Waals surface area (Å²) in [5.74, 6) is 0.544. The predicted octanol–water partition coefficient (Wildman–Crippen LogP) is 1.12. The van der Waals surface area contributed by atoms with Crippen LogP contribution in [0.2, 0.25) is 0 Å². The van der Waals surface area contributed by atoms with Gasteiger partial charge in [0.1, 0.15) is 0 Å². The normalized spacial score (nSPS) is 15.7. The third-order valence-corrected chi connectivity index (χ3v) is 3.73. The first-order valence-electron chi connectivity index (χ1n) is 7.27. The third kappa shape index (κ3) is 5.67. The van der Waals surface area contributed by atoms with Gasteiger partial charge in [0.25, 0.3) is 0 Å². The molecule has 0 radical (unpaired) electrons. The number of amides is 2. The van der Waals surface area contributed by atoms with Crippen LogP contribution in [-0.2, 0) is 9.59 Å². The fourth-order valence-electron chi connectivity index (χ4n) is 2.45. The molecule has 1 aliphatic heterocycles. The van der Waals surface area contributed by atoms with Crippen molar-refractivity contribution >= 4 is 24.2 Å². The van der Waals surface area contributed by atoms with Crippen molar-refractivity contribution in [2.24, 2.45) is 5.92 Å². The molecule has 1 N–H and O–H groups in total. The summed E-state index contributed by atoms with van der Waals surface area (Å²) in [7, 11) is 3.74. The van der Waals surface area contributed by atoms with Crippen LogP contribution in [0.4, 0.5) is 0 Å². The number of likely N-dealkylation sites (tertiary alicyclic amines) is 1. The second kappa shape index (κ2) is 10.00. The van der Waals surface area contributed by atoms with Gasteiger partial charge in [-0.1, -0.05) is 6.92 Å². The summed E-state index contributed by atoms with van der Waals surface area (Å²) in [6, 6.07) is 0. The van der Waals surface area contributed by atoms with Gasteiger partial charge in [0.2, 0.25) is 11.8 Å². The van der Waals surface area contributed by atoms with E-state index in [1.807, 2.05) is 25.9 Å². The molecule has 1 aliphatic rings. The van der Waals surface area contributed by atoms with Crippen LogP contribution in [0.25, 0.3) is 0 Å². The number of piperidine rings is 1. The van der Waals surface area contributed by atoms with Crippen LogP contribution < -0.4 is 5.32 Å². The van der Waals surface area contributed by atoms with E-state index in [0.717, 1.165) is 45.4 Å². The van der Waals surface area contributed by atoms with Crippen molar-refractivity contribution in [3.63, 3.8) is 0 Å². The first kappa shape index (κ1) is 19.2. The van der Waals surface area contributed by atoms with Gasteiger partial charge in [-0.15, -0.1) is 12.4 Å². The Hall–Kier alpha value is -0.810. The third-order valence-electron chi connectivity index (χ3n) is 3.73. The highest BCUT2D eigenvalue weighted by Crippen LogP contribution is 2.20. The van der Waals surface area contributed by atoms with E-state index in [1.54, 1.807) is 4.90 Å². The summed E-state index contributed by atoms with van der Waals surface area (Å²) in [5, 5.41) is 3.05. The summed E-state index contributed by atoms with van der Waals surface area (Å²) >= 11 is 0. The van der Waals surface area contributed by atoms with E-state index in [-0.39, 0.29) is 30.1 Å². The number of carbonyl (C=O) groups excluding carboxylic acids is 2. The average molecular weight is 306 g/mol. The molecule has 0 unspecified atom stereocenters. The fraction of sp³-hybridized carbons (Fsp3) is 0.857. The molecule has 0 bridgehead atoms. The van der Waals surface area contributed by atoms with Gasteiger partial charge in [0.15, 0.2) is 0 Å². The molecular weight excluding hydrogens is 278 g/mol. The molecule has 1 saturated heterocycles. The Labute approximate surface area is 128 Å². The summed E-state index contributed by atoms with van der Waals surface area (Å²) in [6.45, 7) is 5.04. The first-order valence-corrected chi connectivity index (χ1v) is 7.27. The molecule has 0 spiro atoms. The van der Waals surface area contributed by atoms with Crippen molar-refractivity contribution in [1.29, 1.82) is 0 Å². The maximum absolute atomic E-state index is 12.2. The van der Waals surface area contributed by atoms with Crippen LogP contribution in [0.1, 0.15) is 32.6 Å². The fourth-order valence-corrected chi connectivity index (χ4v) is 2.45. The molecule has 1 rings (SSSR count). The molecule has 0 aromatic rings. The summed E-state index contributed by atoms with van der Waals surface area (Å²) in [4.78, 5) is 27.7. The molecule has 0 aromatic carbocycles. The number of carbonyl (C=O) groups is 2. The van der Waals surface area contributed by atoms with Crippen molar-refractivity contribution in [1.82, 2.24) is 15.1 Å². The van der Waals surface area contributed by atoms with Crippen LogP contribution in [0.15, 0.2) is 0 Å². The molecule has 5 nitrogen and oxygen atoms in total. The lowest BCUT2D eigenvalue weighted by Gasteiger charge is -2.33. The quantitative estimate of drug-likeness (QED) is 0.800. The van der Waals surface area contributed by atoms with Gasteiger partial charge < -0.3 is 15.1 Å². The standard InChI is InChI=1S/C14H27N3O2.ClH/c1-4-5-13(18)17-9-6-12(7-10-17)14(19)16(3)11-8-15-2;/h12,15H,4-11H2,1-3H3;1H. The SMILES string of the molecule is CCCC(=O)N1CCC(C(=O)N(C)CCNC)CC1.Cl. The van der Waals surface area contributed by atoms with E-state index in [1.165, 1.54) is 0 Å². The highest BCUT2D eigenvalue weighted by molar-refractivity contribution is 5.85. The maximum Gasteiger partial charge on any atom is 0.225 e. The van der Waals surface area contributed by atoms with Gasteiger partial charge in [-0.3, -0.25) is 9.59 Å². The van der Waals surface area contributed by atoms with E-state index < -0.39 is 0 Å². The molecule has 0 atom stereocenters. The van der Waals surface area contributed by atoms with Crippen molar-refractivity contribution < 1.29 is 9.59 Å². The Bertz CT molecular complexity index is 305. The lowest BCUT2D eigenvalue weighted by Crippen LogP contribution is -2.44. The Balaban J connectivity index is 0.00000361. The largest absolute Gasteiger partial charge is 0.344 e. The Kier molecular flexibility index (Phi) is 9.59. The number of halogens is 1. The average Bonchev–Trinajstić information content (AvgIpc) is 2.44. The second-order valence-electron chi connectivity index (χ2n) is 5.27. The van der Waals surface area contributed by atoms with Gasteiger partial charge >= 0.3 is 0 Å². The molecule has 1 heterocycles. The minimum absolute atomic E-state index is 0. The predicted molar refractivity (Wildman–Crippen MR) is 83.0 cm³/mol. The zero-order valence-electron chi connectivity index (χ0n) is 12.9. The highest BCUT2D eigenvalue weighted by atomic mass is 35.5. The molecule has 6 heteroatoms. The molecule has 1 fully saturated rings. The lowest BCUT2D eigenvalue weighted by atomic mass is 9.95. The number of nitrogens with one attached hydrogen (secondary N) is 1. The van der Waals surface area contributed by atoms with E-state index >= 15 is 0 Å². The molecular formula is C14H28ClN3O2. The molecule has 2 amide bonds. The van der Waals surface area contributed by atoms with E-state index in [9.17, 15) is 9.59 Å². The molecule has 0 saturated carbocycles. The minimum atomic E-state index is 0. The summed E-state index contributed by atoms with van der Waals surface area (Å²) < 4.78 is 0. The van der Waals surface area contributed by atoms with E-state index in [2.05, 4.69) is 5.32 Å². The van der Waals surface area contributed by atoms with Crippen LogP contribution in [0, 0.1) is 5.92 Å². The molecule has 118 valence electrons. The van der Waals surface area contributed by atoms with Gasteiger partial charge in [0.05, 0.1) is 0 Å².